The van der Waals surface area contributed by atoms with E-state index in [1.165, 1.54) is 12.1 Å². The van der Waals surface area contributed by atoms with Gasteiger partial charge in [-0.05, 0) is 30.9 Å². The van der Waals surface area contributed by atoms with Crippen LogP contribution in [0.3, 0.4) is 0 Å². The zero-order valence-electron chi connectivity index (χ0n) is 9.01. The van der Waals surface area contributed by atoms with Crippen molar-refractivity contribution in [2.45, 2.75) is 12.8 Å². The Kier molecular flexibility index (Phi) is 3.72. The van der Waals surface area contributed by atoms with Crippen LogP contribution in [0.15, 0.2) is 18.2 Å². The van der Waals surface area contributed by atoms with Crippen LogP contribution < -0.4 is 5.32 Å². The number of benzene rings is 1. The van der Waals surface area contributed by atoms with Gasteiger partial charge in [-0.1, -0.05) is 0 Å². The van der Waals surface area contributed by atoms with Crippen molar-refractivity contribution in [2.75, 3.05) is 25.1 Å². The van der Waals surface area contributed by atoms with E-state index in [0.29, 0.717) is 11.6 Å². The highest BCUT2D eigenvalue weighted by atomic mass is 19.1. The Labute approximate surface area is 93.6 Å². The summed E-state index contributed by atoms with van der Waals surface area (Å²) in [4.78, 5) is 0. The molecule has 0 saturated carbocycles. The zero-order valence-corrected chi connectivity index (χ0v) is 9.01. The fourth-order valence-electron chi connectivity index (χ4n) is 1.87. The summed E-state index contributed by atoms with van der Waals surface area (Å²) in [5.41, 5.74) is 0.504. The molecule has 0 bridgehead atoms. The second-order valence-corrected chi connectivity index (χ2v) is 4.09. The van der Waals surface area contributed by atoms with Crippen LogP contribution >= 0.6 is 0 Å². The Morgan fingerprint density at radius 1 is 1.12 bits per heavy atom. The normalized spacial score (nSPS) is 17.4. The van der Waals surface area contributed by atoms with Crippen LogP contribution in [0.2, 0.25) is 0 Å². The number of hydrogen-bond acceptors (Lipinski definition) is 2. The van der Waals surface area contributed by atoms with Gasteiger partial charge in [-0.3, -0.25) is 0 Å². The van der Waals surface area contributed by atoms with Crippen molar-refractivity contribution in [2.24, 2.45) is 5.92 Å². The number of halogens is 2. The molecule has 1 aliphatic rings. The molecule has 2 rings (SSSR count). The van der Waals surface area contributed by atoms with Gasteiger partial charge in [0, 0.05) is 31.5 Å². The maximum atomic E-state index is 12.9. The first kappa shape index (κ1) is 11.3. The Morgan fingerprint density at radius 3 is 2.38 bits per heavy atom. The molecule has 1 saturated heterocycles. The largest absolute Gasteiger partial charge is 0.385 e. The van der Waals surface area contributed by atoms with Gasteiger partial charge in [0.25, 0.3) is 0 Å². The summed E-state index contributed by atoms with van der Waals surface area (Å²) in [6.07, 6.45) is 2.01. The van der Waals surface area contributed by atoms with Gasteiger partial charge in [-0.15, -0.1) is 0 Å². The molecule has 16 heavy (non-hydrogen) atoms. The summed E-state index contributed by atoms with van der Waals surface area (Å²) in [7, 11) is 0. The molecular weight excluding hydrogens is 212 g/mol. The first-order valence-corrected chi connectivity index (χ1v) is 5.52. The van der Waals surface area contributed by atoms with Crippen LogP contribution in [0, 0.1) is 17.6 Å². The summed E-state index contributed by atoms with van der Waals surface area (Å²) < 4.78 is 31.0. The van der Waals surface area contributed by atoms with Gasteiger partial charge in [-0.25, -0.2) is 8.78 Å². The number of nitrogens with one attached hydrogen (secondary N) is 1. The van der Waals surface area contributed by atoms with Crippen LogP contribution in [0.1, 0.15) is 12.8 Å². The molecule has 0 radical (unpaired) electrons. The van der Waals surface area contributed by atoms with E-state index in [9.17, 15) is 8.78 Å². The van der Waals surface area contributed by atoms with Crippen molar-refractivity contribution < 1.29 is 13.5 Å². The van der Waals surface area contributed by atoms with E-state index < -0.39 is 11.6 Å². The SMILES string of the molecule is Fc1cc(F)cc(NCC2CCOCC2)c1. The molecule has 1 heterocycles. The smallest absolute Gasteiger partial charge is 0.128 e. The van der Waals surface area contributed by atoms with Crippen LogP contribution in [0.5, 0.6) is 0 Å². The molecule has 2 nitrogen and oxygen atoms in total. The molecule has 4 heteroatoms. The lowest BCUT2D eigenvalue weighted by Gasteiger charge is -2.22. The van der Waals surface area contributed by atoms with Crippen LogP contribution in [-0.2, 0) is 4.74 Å². The lowest BCUT2D eigenvalue weighted by atomic mass is 10.0. The number of anilines is 1. The van der Waals surface area contributed by atoms with Crippen molar-refractivity contribution in [1.29, 1.82) is 0 Å². The molecular formula is C12H15F2NO. The molecule has 0 spiro atoms. The Hall–Kier alpha value is -1.16. The molecule has 0 unspecified atom stereocenters. The maximum Gasteiger partial charge on any atom is 0.128 e. The number of rotatable bonds is 3. The van der Waals surface area contributed by atoms with Gasteiger partial charge in [0.1, 0.15) is 11.6 Å². The van der Waals surface area contributed by atoms with E-state index in [4.69, 9.17) is 4.74 Å². The molecule has 1 aliphatic heterocycles. The number of hydrogen-bond donors (Lipinski definition) is 1. The third-order valence-electron chi connectivity index (χ3n) is 2.80. The standard InChI is InChI=1S/C12H15F2NO/c13-10-5-11(14)7-12(6-10)15-8-9-1-3-16-4-2-9/h5-7,9,15H,1-4,8H2. The van der Waals surface area contributed by atoms with E-state index >= 15 is 0 Å². The van der Waals surface area contributed by atoms with Crippen molar-refractivity contribution >= 4 is 5.69 Å². The molecule has 0 atom stereocenters. The minimum absolute atomic E-state index is 0.504. The van der Waals surface area contributed by atoms with Gasteiger partial charge in [-0.2, -0.15) is 0 Å². The highest BCUT2D eigenvalue weighted by Crippen LogP contribution is 2.17. The lowest BCUT2D eigenvalue weighted by molar-refractivity contribution is 0.0699. The van der Waals surface area contributed by atoms with E-state index in [1.807, 2.05) is 0 Å². The van der Waals surface area contributed by atoms with Crippen LogP contribution in [0.4, 0.5) is 14.5 Å². The quantitative estimate of drug-likeness (QED) is 0.857. The predicted octanol–water partition coefficient (Wildman–Crippen LogP) is 2.80. The van der Waals surface area contributed by atoms with E-state index in [0.717, 1.165) is 38.7 Å². The average molecular weight is 227 g/mol. The lowest BCUT2D eigenvalue weighted by Crippen LogP contribution is -2.22. The molecule has 1 aromatic rings. The second kappa shape index (κ2) is 5.25. The minimum atomic E-state index is -0.547. The summed E-state index contributed by atoms with van der Waals surface area (Å²) in [6, 6.07) is 3.49. The third kappa shape index (κ3) is 3.17. The molecule has 1 N–H and O–H groups in total. The molecule has 1 fully saturated rings. The van der Waals surface area contributed by atoms with Gasteiger partial charge in [0.2, 0.25) is 0 Å². The van der Waals surface area contributed by atoms with E-state index in [-0.39, 0.29) is 0 Å². The minimum Gasteiger partial charge on any atom is -0.385 e. The summed E-state index contributed by atoms with van der Waals surface area (Å²) in [6.45, 7) is 2.31. The van der Waals surface area contributed by atoms with Crippen molar-refractivity contribution in [3.8, 4) is 0 Å². The first-order chi connectivity index (χ1) is 7.74. The predicted molar refractivity (Wildman–Crippen MR) is 58.4 cm³/mol. The molecule has 88 valence electrons. The summed E-state index contributed by atoms with van der Waals surface area (Å²) >= 11 is 0. The fraction of sp³-hybridized carbons (Fsp3) is 0.500. The zero-order chi connectivity index (χ0) is 11.4. The highest BCUT2D eigenvalue weighted by molar-refractivity contribution is 5.43. The summed E-state index contributed by atoms with van der Waals surface area (Å²) in [5.74, 6) is -0.566. The second-order valence-electron chi connectivity index (χ2n) is 4.09. The average Bonchev–Trinajstić information content (AvgIpc) is 2.27. The topological polar surface area (TPSA) is 21.3 Å². The van der Waals surface area contributed by atoms with Crippen LogP contribution in [0.25, 0.3) is 0 Å². The maximum absolute atomic E-state index is 12.9. The fourth-order valence-corrected chi connectivity index (χ4v) is 1.87. The van der Waals surface area contributed by atoms with Crippen molar-refractivity contribution in [3.05, 3.63) is 29.8 Å². The summed E-state index contributed by atoms with van der Waals surface area (Å²) in [5, 5.41) is 3.06. The Bertz CT molecular complexity index is 331. The van der Waals surface area contributed by atoms with Gasteiger partial charge >= 0.3 is 0 Å². The number of ether oxygens (including phenoxy) is 1. The van der Waals surface area contributed by atoms with Crippen molar-refractivity contribution in [3.63, 3.8) is 0 Å². The van der Waals surface area contributed by atoms with Crippen LogP contribution in [-0.4, -0.2) is 19.8 Å². The molecule has 0 amide bonds. The van der Waals surface area contributed by atoms with Gasteiger partial charge in [0.15, 0.2) is 0 Å². The van der Waals surface area contributed by atoms with Crippen molar-refractivity contribution in [1.82, 2.24) is 0 Å². The molecule has 1 aromatic carbocycles. The van der Waals surface area contributed by atoms with E-state index in [2.05, 4.69) is 5.32 Å². The molecule has 0 aliphatic carbocycles. The van der Waals surface area contributed by atoms with Gasteiger partial charge in [0.05, 0.1) is 0 Å². The molecule has 0 aromatic heterocycles. The van der Waals surface area contributed by atoms with E-state index in [1.54, 1.807) is 0 Å². The Balaban J connectivity index is 1.88. The Morgan fingerprint density at radius 2 is 1.75 bits per heavy atom. The third-order valence-corrected chi connectivity index (χ3v) is 2.80. The highest BCUT2D eigenvalue weighted by Gasteiger charge is 2.13. The first-order valence-electron chi connectivity index (χ1n) is 5.52. The monoisotopic (exact) mass is 227 g/mol. The van der Waals surface area contributed by atoms with Gasteiger partial charge < -0.3 is 10.1 Å².